The highest BCUT2D eigenvalue weighted by Gasteiger charge is 2.32. The molecule has 1 fully saturated rings. The molecule has 0 amide bonds. The molecule has 0 saturated carbocycles. The van der Waals surface area contributed by atoms with Crippen LogP contribution < -0.4 is 4.90 Å². The third-order valence-corrected chi connectivity index (χ3v) is 6.96. The fraction of sp³-hybridized carbons (Fsp3) is 0.412. The Hall–Kier alpha value is -2.79. The van der Waals surface area contributed by atoms with Crippen molar-refractivity contribution in [3.8, 4) is 5.82 Å². The SMILES string of the molecule is Cc1nc(N2CCN(S(=O)(=O)c3c(C)n[nH]c3C)CC2)cc(-n2ccnc2)n1. The van der Waals surface area contributed by atoms with Crippen molar-refractivity contribution in [1.29, 1.82) is 0 Å². The van der Waals surface area contributed by atoms with Crippen molar-refractivity contribution in [2.24, 2.45) is 0 Å². The van der Waals surface area contributed by atoms with Crippen molar-refractivity contribution < 1.29 is 8.42 Å². The minimum atomic E-state index is -3.57. The van der Waals surface area contributed by atoms with Gasteiger partial charge in [-0.05, 0) is 20.8 Å². The lowest BCUT2D eigenvalue weighted by molar-refractivity contribution is 0.383. The molecule has 1 aliphatic heterocycles. The van der Waals surface area contributed by atoms with Gasteiger partial charge in [-0.3, -0.25) is 9.67 Å². The molecule has 0 bridgehead atoms. The second kappa shape index (κ2) is 6.99. The van der Waals surface area contributed by atoms with Crippen molar-refractivity contribution in [3.63, 3.8) is 0 Å². The quantitative estimate of drug-likeness (QED) is 0.687. The van der Waals surface area contributed by atoms with E-state index in [-0.39, 0.29) is 4.90 Å². The van der Waals surface area contributed by atoms with Crippen LogP contribution in [0.3, 0.4) is 0 Å². The van der Waals surface area contributed by atoms with E-state index in [9.17, 15) is 8.42 Å². The zero-order chi connectivity index (χ0) is 19.9. The fourth-order valence-corrected chi connectivity index (χ4v) is 5.19. The number of aromatic nitrogens is 6. The van der Waals surface area contributed by atoms with E-state index in [1.165, 1.54) is 4.31 Å². The summed E-state index contributed by atoms with van der Waals surface area (Å²) in [6, 6.07) is 1.89. The molecule has 0 radical (unpaired) electrons. The van der Waals surface area contributed by atoms with E-state index in [1.54, 1.807) is 26.4 Å². The molecule has 4 heterocycles. The van der Waals surface area contributed by atoms with Crippen LogP contribution in [-0.2, 0) is 10.0 Å². The van der Waals surface area contributed by atoms with E-state index < -0.39 is 10.0 Å². The first kappa shape index (κ1) is 18.6. The molecule has 0 aliphatic carbocycles. The number of piperazine rings is 1. The Bertz CT molecular complexity index is 1060. The molecule has 1 N–H and O–H groups in total. The largest absolute Gasteiger partial charge is 0.354 e. The molecule has 0 unspecified atom stereocenters. The number of hydrogen-bond acceptors (Lipinski definition) is 7. The van der Waals surface area contributed by atoms with Crippen LogP contribution >= 0.6 is 0 Å². The Labute approximate surface area is 163 Å². The van der Waals surface area contributed by atoms with Crippen LogP contribution in [0, 0.1) is 20.8 Å². The monoisotopic (exact) mass is 402 g/mol. The second-order valence-electron chi connectivity index (χ2n) is 6.76. The zero-order valence-corrected chi connectivity index (χ0v) is 16.8. The maximum absolute atomic E-state index is 13.0. The summed E-state index contributed by atoms with van der Waals surface area (Å²) in [7, 11) is -3.57. The Morgan fingerprint density at radius 1 is 1.04 bits per heavy atom. The topological polar surface area (TPSA) is 113 Å². The van der Waals surface area contributed by atoms with Crippen molar-refractivity contribution in [2.75, 3.05) is 31.1 Å². The van der Waals surface area contributed by atoms with Crippen LogP contribution in [-0.4, -0.2) is 68.6 Å². The fourth-order valence-electron chi connectivity index (χ4n) is 3.43. The molecule has 3 aromatic rings. The van der Waals surface area contributed by atoms with E-state index in [1.807, 2.05) is 23.8 Å². The van der Waals surface area contributed by atoms with E-state index in [0.29, 0.717) is 43.4 Å². The van der Waals surface area contributed by atoms with Gasteiger partial charge in [-0.1, -0.05) is 0 Å². The first-order chi connectivity index (χ1) is 13.4. The summed E-state index contributed by atoms with van der Waals surface area (Å²) in [6.07, 6.45) is 5.21. The van der Waals surface area contributed by atoms with E-state index >= 15 is 0 Å². The Morgan fingerprint density at radius 3 is 2.36 bits per heavy atom. The van der Waals surface area contributed by atoms with Crippen LogP contribution in [0.2, 0.25) is 0 Å². The lowest BCUT2D eigenvalue weighted by Gasteiger charge is -2.34. The predicted octanol–water partition coefficient (Wildman–Crippen LogP) is 0.822. The average molecular weight is 402 g/mol. The van der Waals surface area contributed by atoms with Gasteiger partial charge in [0.15, 0.2) is 0 Å². The molecule has 11 heteroatoms. The second-order valence-corrected chi connectivity index (χ2v) is 8.63. The highest BCUT2D eigenvalue weighted by atomic mass is 32.2. The Balaban J connectivity index is 1.54. The van der Waals surface area contributed by atoms with Crippen molar-refractivity contribution in [2.45, 2.75) is 25.7 Å². The molecule has 1 saturated heterocycles. The third-order valence-electron chi connectivity index (χ3n) is 4.80. The summed E-state index contributed by atoms with van der Waals surface area (Å²) in [5.41, 5.74) is 1.06. The number of hydrogen-bond donors (Lipinski definition) is 1. The van der Waals surface area contributed by atoms with Gasteiger partial charge in [0.25, 0.3) is 0 Å². The summed E-state index contributed by atoms with van der Waals surface area (Å²) in [5, 5.41) is 6.77. The molecular formula is C17H22N8O2S. The number of nitrogens with zero attached hydrogens (tertiary/aromatic N) is 7. The first-order valence-electron chi connectivity index (χ1n) is 8.97. The third kappa shape index (κ3) is 3.27. The summed E-state index contributed by atoms with van der Waals surface area (Å²) in [5.74, 6) is 2.17. The number of aryl methyl sites for hydroxylation is 3. The highest BCUT2D eigenvalue weighted by Crippen LogP contribution is 2.24. The van der Waals surface area contributed by atoms with Crippen LogP contribution in [0.4, 0.5) is 5.82 Å². The van der Waals surface area contributed by atoms with Crippen LogP contribution in [0.5, 0.6) is 0 Å². The molecule has 10 nitrogen and oxygen atoms in total. The summed E-state index contributed by atoms with van der Waals surface area (Å²) in [4.78, 5) is 15.4. The Kier molecular flexibility index (Phi) is 4.63. The number of H-pyrrole nitrogens is 1. The summed E-state index contributed by atoms with van der Waals surface area (Å²) < 4.78 is 29.4. The first-order valence-corrected chi connectivity index (χ1v) is 10.4. The molecule has 0 atom stereocenters. The normalized spacial score (nSPS) is 15.9. The molecule has 28 heavy (non-hydrogen) atoms. The van der Waals surface area contributed by atoms with Crippen molar-refractivity contribution >= 4 is 15.8 Å². The molecule has 148 valence electrons. The number of sulfonamides is 1. The van der Waals surface area contributed by atoms with Crippen LogP contribution in [0.25, 0.3) is 5.82 Å². The number of anilines is 1. The standard InChI is InChI=1S/C17H22N8O2S/c1-12-17(13(2)22-21-12)28(26,27)25-8-6-23(7-9-25)15-10-16(20-14(3)19-15)24-5-4-18-11-24/h4-5,10-11H,6-9H2,1-3H3,(H,21,22). The van der Waals surface area contributed by atoms with Gasteiger partial charge in [0.05, 0.1) is 11.4 Å². The number of aromatic amines is 1. The highest BCUT2D eigenvalue weighted by molar-refractivity contribution is 7.89. The molecule has 0 aromatic carbocycles. The number of rotatable bonds is 4. The molecule has 1 aliphatic rings. The molecule has 0 spiro atoms. The van der Waals surface area contributed by atoms with Gasteiger partial charge < -0.3 is 4.90 Å². The van der Waals surface area contributed by atoms with Gasteiger partial charge in [-0.25, -0.2) is 23.4 Å². The van der Waals surface area contributed by atoms with E-state index in [4.69, 9.17) is 0 Å². The van der Waals surface area contributed by atoms with Gasteiger partial charge in [-0.15, -0.1) is 0 Å². The summed E-state index contributed by atoms with van der Waals surface area (Å²) >= 11 is 0. The summed E-state index contributed by atoms with van der Waals surface area (Å²) in [6.45, 7) is 7.14. The maximum atomic E-state index is 13.0. The Morgan fingerprint density at radius 2 is 1.75 bits per heavy atom. The van der Waals surface area contributed by atoms with Gasteiger partial charge in [-0.2, -0.15) is 9.40 Å². The maximum Gasteiger partial charge on any atom is 0.246 e. The van der Waals surface area contributed by atoms with Crippen molar-refractivity contribution in [3.05, 3.63) is 42.0 Å². The van der Waals surface area contributed by atoms with Crippen LogP contribution in [0.15, 0.2) is 29.7 Å². The number of nitrogens with one attached hydrogen (secondary N) is 1. The number of imidazole rings is 1. The molecule has 3 aromatic heterocycles. The van der Waals surface area contributed by atoms with Crippen LogP contribution in [0.1, 0.15) is 17.2 Å². The lowest BCUT2D eigenvalue weighted by Crippen LogP contribution is -2.49. The smallest absolute Gasteiger partial charge is 0.246 e. The minimum Gasteiger partial charge on any atom is -0.354 e. The van der Waals surface area contributed by atoms with E-state index in [2.05, 4.69) is 30.0 Å². The molecular weight excluding hydrogens is 380 g/mol. The predicted molar refractivity (Wildman–Crippen MR) is 103 cm³/mol. The lowest BCUT2D eigenvalue weighted by atomic mass is 10.3. The molecule has 4 rings (SSSR count). The minimum absolute atomic E-state index is 0.279. The van der Waals surface area contributed by atoms with Gasteiger partial charge >= 0.3 is 0 Å². The van der Waals surface area contributed by atoms with Gasteiger partial charge in [0.1, 0.15) is 28.7 Å². The zero-order valence-electron chi connectivity index (χ0n) is 16.0. The van der Waals surface area contributed by atoms with Gasteiger partial charge in [0.2, 0.25) is 10.0 Å². The van der Waals surface area contributed by atoms with E-state index in [0.717, 1.165) is 11.6 Å². The van der Waals surface area contributed by atoms with Crippen molar-refractivity contribution in [1.82, 2.24) is 34.0 Å². The van der Waals surface area contributed by atoms with Gasteiger partial charge in [0, 0.05) is 44.6 Å². The average Bonchev–Trinajstić information content (AvgIpc) is 3.31.